The topological polar surface area (TPSA) is 40.8 Å². The van der Waals surface area contributed by atoms with E-state index in [1.165, 1.54) is 12.3 Å². The molecule has 0 aliphatic rings. The summed E-state index contributed by atoms with van der Waals surface area (Å²) in [4.78, 5) is 0. The van der Waals surface area contributed by atoms with E-state index in [9.17, 15) is 9.65 Å². The maximum absolute atomic E-state index is 14.5. The third kappa shape index (κ3) is 3.77. The minimum Gasteiger partial charge on any atom is -0.455 e. The number of halogens is 1. The van der Waals surface area contributed by atoms with Crippen molar-refractivity contribution in [3.63, 3.8) is 0 Å². The number of rotatable bonds is 3. The maximum Gasteiger partial charge on any atom is 0.213 e. The van der Waals surface area contributed by atoms with E-state index in [-0.39, 0.29) is 5.56 Å². The van der Waals surface area contributed by atoms with Gasteiger partial charge in [-0.15, -0.1) is 0 Å². The van der Waals surface area contributed by atoms with E-state index in [0.29, 0.717) is 28.0 Å². The number of benzene rings is 4. The summed E-state index contributed by atoms with van der Waals surface area (Å²) < 4.78 is 45.8. The highest BCUT2D eigenvalue weighted by Crippen LogP contribution is 2.40. The second-order valence-electron chi connectivity index (χ2n) is 9.22. The Balaban J connectivity index is 1.54. The van der Waals surface area contributed by atoms with Gasteiger partial charge in [-0.3, -0.25) is 0 Å². The van der Waals surface area contributed by atoms with Crippen molar-refractivity contribution in [2.45, 2.75) is 13.8 Å². The van der Waals surface area contributed by atoms with Gasteiger partial charge < -0.3 is 4.42 Å². The monoisotopic (exact) mass is 486 g/mol. The van der Waals surface area contributed by atoms with E-state index in [0.717, 1.165) is 38.6 Å². The van der Waals surface area contributed by atoms with Crippen LogP contribution in [0.4, 0.5) is 4.39 Å². The van der Waals surface area contributed by atoms with Crippen molar-refractivity contribution in [3.05, 3.63) is 114 Å². The van der Waals surface area contributed by atoms with E-state index in [1.54, 1.807) is 11.6 Å². The van der Waals surface area contributed by atoms with Crippen LogP contribution in [0.1, 0.15) is 20.8 Å². The third-order valence-electron chi connectivity index (χ3n) is 6.89. The lowest BCUT2D eigenvalue weighted by Crippen LogP contribution is -2.31. The summed E-state index contributed by atoms with van der Waals surface area (Å²) in [5.74, 6) is -0.777. The molecule has 6 aromatic rings. The molecular weight excluding hydrogens is 459 g/mol. The molecule has 178 valence electrons. The summed E-state index contributed by atoms with van der Waals surface area (Å²) >= 11 is 0. The fourth-order valence-corrected chi connectivity index (χ4v) is 4.99. The van der Waals surface area contributed by atoms with Crippen LogP contribution in [0.25, 0.3) is 55.4 Å². The Morgan fingerprint density at radius 3 is 2.32 bits per heavy atom. The molecule has 0 bridgehead atoms. The van der Waals surface area contributed by atoms with Gasteiger partial charge in [0.1, 0.15) is 18.2 Å². The van der Waals surface area contributed by atoms with E-state index in [4.69, 9.17) is 8.53 Å². The molecule has 4 heteroatoms. The molecule has 0 aliphatic carbocycles. The molecule has 0 saturated carbocycles. The molecule has 37 heavy (non-hydrogen) atoms. The minimum absolute atomic E-state index is 0.329. The summed E-state index contributed by atoms with van der Waals surface area (Å²) in [6.07, 6.45) is 1.19. The first-order valence-corrected chi connectivity index (χ1v) is 11.9. The summed E-state index contributed by atoms with van der Waals surface area (Å²) in [6.45, 7) is -0.651. The Bertz CT molecular complexity index is 1970. The lowest BCUT2D eigenvalue weighted by atomic mass is 9.94. The van der Waals surface area contributed by atoms with Crippen molar-refractivity contribution < 1.29 is 17.5 Å². The van der Waals surface area contributed by atoms with E-state index >= 15 is 0 Å². The van der Waals surface area contributed by atoms with Gasteiger partial charge in [-0.2, -0.15) is 9.83 Å². The molecule has 4 aromatic carbocycles. The van der Waals surface area contributed by atoms with Gasteiger partial charge in [-0.05, 0) is 65.9 Å². The fourth-order valence-electron chi connectivity index (χ4n) is 4.99. The van der Waals surface area contributed by atoms with Gasteiger partial charge in [-0.25, -0.2) is 4.39 Å². The molecule has 0 fully saturated rings. The van der Waals surface area contributed by atoms with Gasteiger partial charge in [0.15, 0.2) is 5.82 Å². The van der Waals surface area contributed by atoms with Crippen molar-refractivity contribution >= 4 is 21.9 Å². The highest BCUT2D eigenvalue weighted by atomic mass is 19.1. The molecule has 3 nitrogen and oxygen atoms in total. The predicted octanol–water partition coefficient (Wildman–Crippen LogP) is 8.04. The molecule has 0 amide bonds. The second kappa shape index (κ2) is 8.72. The standard InChI is InChI=1S/C33H24FN2O/c1-20-15-28-26-14-13-25(18-35)32(24-11-9-23(10-12-24)22-7-5-4-6-8-22)33(26)37-31(28)17-27(20)30-16-21(2)29(34)19-36(30)3/h4-17,19H,1-3H3/q+1/i2D3. The number of aromatic nitrogens is 1. The summed E-state index contributed by atoms with van der Waals surface area (Å²) in [6, 6.07) is 29.4. The molecular formula is C33H24FN2O+. The molecule has 0 N–H and O–H groups in total. The first-order chi connectivity index (χ1) is 19.2. The maximum atomic E-state index is 14.5. The zero-order valence-corrected chi connectivity index (χ0v) is 20.3. The van der Waals surface area contributed by atoms with Crippen LogP contribution in [0.2, 0.25) is 0 Å². The van der Waals surface area contributed by atoms with Crippen LogP contribution < -0.4 is 4.57 Å². The van der Waals surface area contributed by atoms with Crippen LogP contribution in [-0.2, 0) is 7.05 Å². The minimum atomic E-state index is -2.58. The molecule has 0 spiro atoms. The first kappa shape index (κ1) is 19.4. The molecule has 0 radical (unpaired) electrons. The Kier molecular flexibility index (Phi) is 4.58. The highest BCUT2D eigenvalue weighted by molar-refractivity contribution is 6.11. The molecule has 0 atom stereocenters. The largest absolute Gasteiger partial charge is 0.455 e. The molecule has 0 saturated heterocycles. The Hall–Kier alpha value is -4.75. The van der Waals surface area contributed by atoms with Crippen LogP contribution in [0.15, 0.2) is 95.5 Å². The summed E-state index contributed by atoms with van der Waals surface area (Å²) in [7, 11) is 1.68. The van der Waals surface area contributed by atoms with Gasteiger partial charge >= 0.3 is 0 Å². The quantitative estimate of drug-likeness (QED) is 0.238. The summed E-state index contributed by atoms with van der Waals surface area (Å²) in [5, 5.41) is 11.7. The van der Waals surface area contributed by atoms with Crippen LogP contribution in [0.5, 0.6) is 0 Å². The van der Waals surface area contributed by atoms with Crippen LogP contribution in [0.3, 0.4) is 0 Å². The molecule has 0 aliphatic heterocycles. The molecule has 2 heterocycles. The normalized spacial score (nSPS) is 12.8. The van der Waals surface area contributed by atoms with Crippen LogP contribution in [-0.4, -0.2) is 0 Å². The van der Waals surface area contributed by atoms with Crippen molar-refractivity contribution in [1.29, 1.82) is 5.26 Å². The zero-order chi connectivity index (χ0) is 28.2. The van der Waals surface area contributed by atoms with Gasteiger partial charge in [0, 0.05) is 26.5 Å². The first-order valence-electron chi connectivity index (χ1n) is 13.4. The van der Waals surface area contributed by atoms with Crippen molar-refractivity contribution in [3.8, 4) is 39.6 Å². The van der Waals surface area contributed by atoms with E-state index in [2.05, 4.69) is 18.2 Å². The fraction of sp³-hybridized carbons (Fsp3) is 0.0909. The Morgan fingerprint density at radius 1 is 0.865 bits per heavy atom. The van der Waals surface area contributed by atoms with Crippen molar-refractivity contribution in [2.24, 2.45) is 7.05 Å². The van der Waals surface area contributed by atoms with Gasteiger partial charge in [0.2, 0.25) is 11.9 Å². The van der Waals surface area contributed by atoms with Crippen LogP contribution >= 0.6 is 0 Å². The number of nitrogens with zero attached hydrogens (tertiary/aromatic N) is 2. The number of hydrogen-bond donors (Lipinski definition) is 0. The number of nitriles is 1. The van der Waals surface area contributed by atoms with Crippen LogP contribution in [0, 0.1) is 30.9 Å². The SMILES string of the molecule is [2H]C([2H])([2H])c1cc(-c2cc3oc4c(-c5ccc(-c6ccccc6)cc5)c(C#N)ccc4c3cc2C)[n+](C)cc1F. The lowest BCUT2D eigenvalue weighted by Gasteiger charge is -2.07. The van der Waals surface area contributed by atoms with Crippen molar-refractivity contribution in [2.75, 3.05) is 0 Å². The number of aryl methyl sites for hydroxylation is 3. The predicted molar refractivity (Wildman–Crippen MR) is 145 cm³/mol. The summed E-state index contributed by atoms with van der Waals surface area (Å²) in [5.41, 5.74) is 7.29. The average molecular weight is 487 g/mol. The van der Waals surface area contributed by atoms with Gasteiger partial charge in [0.05, 0.1) is 17.2 Å². The Morgan fingerprint density at radius 2 is 1.59 bits per heavy atom. The van der Waals surface area contributed by atoms with E-state index in [1.807, 2.05) is 73.7 Å². The van der Waals surface area contributed by atoms with Gasteiger partial charge in [0.25, 0.3) is 0 Å². The number of furan rings is 1. The molecule has 2 aromatic heterocycles. The second-order valence-corrected chi connectivity index (χ2v) is 9.22. The smallest absolute Gasteiger partial charge is 0.213 e. The number of fused-ring (bicyclic) bond motifs is 3. The number of hydrogen-bond acceptors (Lipinski definition) is 2. The molecule has 0 unspecified atom stereocenters. The van der Waals surface area contributed by atoms with E-state index < -0.39 is 12.7 Å². The number of pyridine rings is 1. The zero-order valence-electron chi connectivity index (χ0n) is 23.3. The van der Waals surface area contributed by atoms with Crippen molar-refractivity contribution in [1.82, 2.24) is 0 Å². The Labute approximate surface area is 218 Å². The highest BCUT2D eigenvalue weighted by Gasteiger charge is 2.21. The van der Waals surface area contributed by atoms with Gasteiger partial charge in [-0.1, -0.05) is 54.6 Å². The third-order valence-corrected chi connectivity index (χ3v) is 6.89. The average Bonchev–Trinajstić information content (AvgIpc) is 3.29. The lowest BCUT2D eigenvalue weighted by molar-refractivity contribution is -0.662. The molecule has 6 rings (SSSR count).